The van der Waals surface area contributed by atoms with Crippen LogP contribution in [-0.4, -0.2) is 50.3 Å². The van der Waals surface area contributed by atoms with Gasteiger partial charge < -0.3 is 14.8 Å². The molecule has 0 spiro atoms. The van der Waals surface area contributed by atoms with Crippen molar-refractivity contribution in [2.45, 2.75) is 18.2 Å². The van der Waals surface area contributed by atoms with Gasteiger partial charge in [-0.2, -0.15) is 0 Å². The smallest absolute Gasteiger partial charge is 0.308 e. The summed E-state index contributed by atoms with van der Waals surface area (Å²) in [6, 6.07) is 10.2. The van der Waals surface area contributed by atoms with Crippen LogP contribution in [-0.2, 0) is 21.2 Å². The summed E-state index contributed by atoms with van der Waals surface area (Å²) in [6.45, 7) is 1.33. The normalized spacial score (nSPS) is 12.7. The van der Waals surface area contributed by atoms with Crippen molar-refractivity contribution in [3.05, 3.63) is 53.5 Å². The fourth-order valence-corrected chi connectivity index (χ4v) is 3.53. The summed E-state index contributed by atoms with van der Waals surface area (Å²) in [4.78, 5) is 23.6. The van der Waals surface area contributed by atoms with E-state index in [-0.39, 0.29) is 29.4 Å². The number of benzene rings is 1. The number of hydrogen-bond donors (Lipinski definition) is 2. The lowest BCUT2D eigenvalue weighted by atomic mass is 9.99. The molecule has 9 heteroatoms. The van der Waals surface area contributed by atoms with Crippen LogP contribution in [0.25, 0.3) is 0 Å². The van der Waals surface area contributed by atoms with E-state index in [1.54, 1.807) is 0 Å². The highest BCUT2D eigenvalue weighted by Crippen LogP contribution is 2.22. The number of nitrogens with zero attached hydrogens (tertiary/aromatic N) is 1. The average Bonchev–Trinajstić information content (AvgIpc) is 3.01. The largest absolute Gasteiger partial charge is 0.481 e. The maximum Gasteiger partial charge on any atom is 0.308 e. The van der Waals surface area contributed by atoms with E-state index in [0.717, 1.165) is 15.9 Å². The molecule has 1 unspecified atom stereocenters. The molecular formula is C18H22N2O6S. The van der Waals surface area contributed by atoms with Crippen LogP contribution >= 0.6 is 0 Å². The molecule has 146 valence electrons. The molecule has 0 aliphatic rings. The van der Waals surface area contributed by atoms with Crippen molar-refractivity contribution in [3.8, 4) is 0 Å². The van der Waals surface area contributed by atoms with Crippen LogP contribution in [0.15, 0.2) is 45.7 Å². The van der Waals surface area contributed by atoms with Crippen LogP contribution in [0.5, 0.6) is 0 Å². The van der Waals surface area contributed by atoms with Gasteiger partial charge in [0.15, 0.2) is 5.76 Å². The topological polar surface area (TPSA) is 117 Å². The third-order valence-electron chi connectivity index (χ3n) is 4.04. The number of carboxylic acids is 1. The Morgan fingerprint density at radius 1 is 1.22 bits per heavy atom. The second-order valence-corrected chi connectivity index (χ2v) is 8.37. The van der Waals surface area contributed by atoms with Crippen molar-refractivity contribution in [1.82, 2.24) is 9.62 Å². The van der Waals surface area contributed by atoms with E-state index in [9.17, 15) is 23.1 Å². The molecule has 0 aliphatic carbocycles. The number of furan rings is 1. The first-order valence-electron chi connectivity index (χ1n) is 8.20. The number of aliphatic carboxylic acids is 1. The molecule has 2 rings (SSSR count). The molecule has 0 radical (unpaired) electrons. The van der Waals surface area contributed by atoms with Gasteiger partial charge in [-0.05, 0) is 18.9 Å². The van der Waals surface area contributed by atoms with Crippen LogP contribution in [0.3, 0.4) is 0 Å². The van der Waals surface area contributed by atoms with E-state index in [1.807, 2.05) is 30.3 Å². The van der Waals surface area contributed by atoms with Crippen LogP contribution in [0.4, 0.5) is 0 Å². The van der Waals surface area contributed by atoms with Crippen LogP contribution in [0.1, 0.15) is 21.9 Å². The highest BCUT2D eigenvalue weighted by atomic mass is 32.2. The molecule has 27 heavy (non-hydrogen) atoms. The lowest BCUT2D eigenvalue weighted by Crippen LogP contribution is -2.34. The first-order valence-corrected chi connectivity index (χ1v) is 9.64. The third-order valence-corrected chi connectivity index (χ3v) is 5.96. The Morgan fingerprint density at radius 2 is 1.85 bits per heavy atom. The van der Waals surface area contributed by atoms with Gasteiger partial charge in [-0.15, -0.1) is 0 Å². The summed E-state index contributed by atoms with van der Waals surface area (Å²) in [7, 11) is -0.985. The summed E-state index contributed by atoms with van der Waals surface area (Å²) in [5, 5.41) is 11.9. The monoisotopic (exact) mass is 394 g/mol. The second kappa shape index (κ2) is 8.36. The number of rotatable bonds is 8. The molecule has 0 aliphatic heterocycles. The van der Waals surface area contributed by atoms with Crippen molar-refractivity contribution in [1.29, 1.82) is 0 Å². The lowest BCUT2D eigenvalue weighted by Gasteiger charge is -2.13. The predicted molar refractivity (Wildman–Crippen MR) is 97.9 cm³/mol. The van der Waals surface area contributed by atoms with Gasteiger partial charge in [-0.3, -0.25) is 9.59 Å². The third kappa shape index (κ3) is 4.95. The van der Waals surface area contributed by atoms with Crippen molar-refractivity contribution in [2.75, 3.05) is 20.6 Å². The molecule has 0 fully saturated rings. The van der Waals surface area contributed by atoms with E-state index in [4.69, 9.17) is 4.42 Å². The second-order valence-electron chi connectivity index (χ2n) is 6.25. The molecule has 0 bridgehead atoms. The maximum absolute atomic E-state index is 12.3. The van der Waals surface area contributed by atoms with E-state index in [1.165, 1.54) is 21.0 Å². The first kappa shape index (κ1) is 20.7. The number of carbonyl (C=O) groups is 2. The van der Waals surface area contributed by atoms with E-state index in [0.29, 0.717) is 0 Å². The zero-order valence-corrected chi connectivity index (χ0v) is 16.1. The Hall–Kier alpha value is -2.65. The summed E-state index contributed by atoms with van der Waals surface area (Å²) >= 11 is 0. The Balaban J connectivity index is 2.09. The first-order chi connectivity index (χ1) is 12.6. The average molecular weight is 394 g/mol. The maximum atomic E-state index is 12.3. The number of nitrogens with one attached hydrogen (secondary N) is 1. The van der Waals surface area contributed by atoms with E-state index in [2.05, 4.69) is 5.32 Å². The molecule has 8 nitrogen and oxygen atoms in total. The molecule has 1 aromatic carbocycles. The van der Waals surface area contributed by atoms with Crippen LogP contribution < -0.4 is 5.32 Å². The lowest BCUT2D eigenvalue weighted by molar-refractivity contribution is -0.141. The predicted octanol–water partition coefficient (Wildman–Crippen LogP) is 1.51. The Kier molecular flexibility index (Phi) is 6.40. The van der Waals surface area contributed by atoms with Gasteiger partial charge >= 0.3 is 5.97 Å². The quantitative estimate of drug-likeness (QED) is 0.701. The van der Waals surface area contributed by atoms with Crippen molar-refractivity contribution < 1.29 is 27.5 Å². The molecule has 0 saturated heterocycles. The minimum absolute atomic E-state index is 0.0907. The van der Waals surface area contributed by atoms with Gasteiger partial charge in [0.25, 0.3) is 5.91 Å². The fraction of sp³-hybridized carbons (Fsp3) is 0.333. The van der Waals surface area contributed by atoms with Gasteiger partial charge in [0, 0.05) is 26.7 Å². The number of sulfonamides is 1. The molecule has 1 aromatic heterocycles. The number of hydrogen-bond acceptors (Lipinski definition) is 5. The zero-order chi connectivity index (χ0) is 20.2. The minimum Gasteiger partial charge on any atom is -0.481 e. The molecule has 1 atom stereocenters. The summed E-state index contributed by atoms with van der Waals surface area (Å²) < 4.78 is 30.7. The Labute approximate surface area is 157 Å². The van der Waals surface area contributed by atoms with Gasteiger partial charge in [-0.1, -0.05) is 30.3 Å². The highest BCUT2D eigenvalue weighted by molar-refractivity contribution is 7.89. The van der Waals surface area contributed by atoms with E-state index < -0.39 is 27.8 Å². The number of carbonyl (C=O) groups excluding carboxylic acids is 1. The van der Waals surface area contributed by atoms with Crippen LogP contribution in [0, 0.1) is 12.8 Å². The number of aryl methyl sites for hydroxylation is 1. The molecule has 2 N–H and O–H groups in total. The van der Waals surface area contributed by atoms with Gasteiger partial charge in [0.2, 0.25) is 10.0 Å². The van der Waals surface area contributed by atoms with E-state index >= 15 is 0 Å². The zero-order valence-electron chi connectivity index (χ0n) is 15.3. The molecule has 1 amide bonds. The van der Waals surface area contributed by atoms with Gasteiger partial charge in [0.05, 0.1) is 5.92 Å². The van der Waals surface area contributed by atoms with Gasteiger partial charge in [-0.25, -0.2) is 12.7 Å². The van der Waals surface area contributed by atoms with Crippen molar-refractivity contribution in [3.63, 3.8) is 0 Å². The molecule has 0 saturated carbocycles. The Bertz CT molecular complexity index is 919. The van der Waals surface area contributed by atoms with Gasteiger partial charge in [0.1, 0.15) is 10.7 Å². The Morgan fingerprint density at radius 3 is 2.41 bits per heavy atom. The minimum atomic E-state index is -3.74. The van der Waals surface area contributed by atoms with Crippen molar-refractivity contribution >= 4 is 21.9 Å². The summed E-state index contributed by atoms with van der Waals surface area (Å²) in [5.41, 5.74) is 0.840. The highest BCUT2D eigenvalue weighted by Gasteiger charge is 2.26. The van der Waals surface area contributed by atoms with Crippen molar-refractivity contribution in [2.24, 2.45) is 5.92 Å². The standard InChI is InChI=1S/C18H22N2O6S/c1-12-16(27(24,25)20(2)3)10-15(26-12)17(21)19-11-14(18(22)23)9-13-7-5-4-6-8-13/h4-8,10,14H,9,11H2,1-3H3,(H,19,21)(H,22,23). The summed E-state index contributed by atoms with van der Waals surface area (Å²) in [6.07, 6.45) is 0.258. The number of amides is 1. The van der Waals surface area contributed by atoms with Crippen LogP contribution in [0.2, 0.25) is 0 Å². The SMILES string of the molecule is Cc1oc(C(=O)NCC(Cc2ccccc2)C(=O)O)cc1S(=O)(=O)N(C)C. The number of carboxylic acid groups (broad SMARTS) is 1. The molecule has 1 heterocycles. The molecule has 2 aromatic rings. The summed E-state index contributed by atoms with van der Waals surface area (Å²) in [5.74, 6) is -2.62. The fourth-order valence-electron chi connectivity index (χ4n) is 2.48. The molecular weight excluding hydrogens is 372 g/mol.